The van der Waals surface area contributed by atoms with Crippen molar-refractivity contribution in [3.8, 4) is 0 Å². The van der Waals surface area contributed by atoms with Crippen molar-refractivity contribution in [1.29, 1.82) is 0 Å². The lowest BCUT2D eigenvalue weighted by atomic mass is 10.1. The van der Waals surface area contributed by atoms with E-state index in [-0.39, 0.29) is 12.5 Å². The number of hydrogen-bond donors (Lipinski definition) is 2. The average Bonchev–Trinajstić information content (AvgIpc) is 3.37. The number of carbonyl (C=O) groups excluding carboxylic acids is 1. The van der Waals surface area contributed by atoms with Crippen molar-refractivity contribution in [2.45, 2.75) is 51.4 Å². The van der Waals surface area contributed by atoms with Crippen molar-refractivity contribution < 1.29 is 9.90 Å². The summed E-state index contributed by atoms with van der Waals surface area (Å²) in [5, 5.41) is 15.1. The molecule has 1 aromatic carbocycles. The van der Waals surface area contributed by atoms with E-state index in [1.165, 1.54) is 61.9 Å². The Morgan fingerprint density at radius 1 is 1.12 bits per heavy atom. The summed E-state index contributed by atoms with van der Waals surface area (Å²) in [7, 11) is 1.96. The summed E-state index contributed by atoms with van der Waals surface area (Å²) in [5.41, 5.74) is 3.01. The molecule has 33 heavy (non-hydrogen) atoms. The first-order valence-electron chi connectivity index (χ1n) is 12.2. The number of thiazole rings is 1. The number of nitrogens with zero attached hydrogens (tertiary/aromatic N) is 3. The normalized spacial score (nSPS) is 16.4. The first-order valence-corrected chi connectivity index (χ1v) is 13.1. The van der Waals surface area contributed by atoms with Crippen LogP contribution in [-0.2, 0) is 0 Å². The van der Waals surface area contributed by atoms with Crippen LogP contribution in [0.3, 0.4) is 0 Å². The van der Waals surface area contributed by atoms with Crippen LogP contribution in [0, 0.1) is 0 Å². The fourth-order valence-corrected chi connectivity index (χ4v) is 4.95. The van der Waals surface area contributed by atoms with Crippen LogP contribution in [0.15, 0.2) is 47.4 Å². The molecule has 1 amide bonds. The van der Waals surface area contributed by atoms with Crippen molar-refractivity contribution in [1.82, 2.24) is 15.2 Å². The van der Waals surface area contributed by atoms with E-state index in [4.69, 9.17) is 0 Å². The lowest BCUT2D eigenvalue weighted by molar-refractivity contribution is 0.0947. The molecule has 0 radical (unpaired) electrons. The molecule has 6 nitrogen and oxygen atoms in total. The van der Waals surface area contributed by atoms with Gasteiger partial charge in [-0.05, 0) is 44.2 Å². The number of rotatable bonds is 11. The summed E-state index contributed by atoms with van der Waals surface area (Å²) in [6, 6.07) is 10.0. The highest BCUT2D eigenvalue weighted by Crippen LogP contribution is 2.26. The Labute approximate surface area is 202 Å². The number of allylic oxidation sites excluding steroid dienone is 1. The summed E-state index contributed by atoms with van der Waals surface area (Å²) in [6.45, 7) is 3.22. The van der Waals surface area contributed by atoms with Gasteiger partial charge in [0.2, 0.25) is 0 Å². The predicted molar refractivity (Wildman–Crippen MR) is 137 cm³/mol. The molecule has 0 atom stereocenters. The quantitative estimate of drug-likeness (QED) is 0.357. The van der Waals surface area contributed by atoms with Gasteiger partial charge >= 0.3 is 0 Å². The molecule has 1 heterocycles. The zero-order valence-electron chi connectivity index (χ0n) is 19.8. The Morgan fingerprint density at radius 3 is 2.73 bits per heavy atom. The van der Waals surface area contributed by atoms with Gasteiger partial charge in [-0.3, -0.25) is 9.69 Å². The maximum absolute atomic E-state index is 12.6. The van der Waals surface area contributed by atoms with E-state index in [1.54, 1.807) is 0 Å². The van der Waals surface area contributed by atoms with Crippen molar-refractivity contribution in [3.05, 3.63) is 53.1 Å². The van der Waals surface area contributed by atoms with E-state index in [0.29, 0.717) is 18.8 Å². The Hall–Kier alpha value is -2.22. The summed E-state index contributed by atoms with van der Waals surface area (Å²) in [5.74, 6) is -0.133. The standard InChI is InChI=1S/C26H38N4O2S/c1-29(23-14-9-6-10-15-23)26-28-24(21-33-26)25(32)27-16-11-17-30(18-19-31)20-22-12-7-4-2-3-5-8-13-22/h6,9-10,12,14-15,21,31H,2-5,7-8,11,13,16-20H2,1H3,(H,27,32)/b22-12+. The molecule has 1 aromatic heterocycles. The van der Waals surface area contributed by atoms with Crippen LogP contribution in [-0.4, -0.2) is 60.7 Å². The lowest BCUT2D eigenvalue weighted by Crippen LogP contribution is -2.33. The smallest absolute Gasteiger partial charge is 0.270 e. The first kappa shape index (κ1) is 25.4. The molecule has 0 aliphatic heterocycles. The molecule has 7 heteroatoms. The number of amides is 1. The van der Waals surface area contributed by atoms with E-state index >= 15 is 0 Å². The van der Waals surface area contributed by atoms with Crippen LogP contribution in [0.2, 0.25) is 0 Å². The zero-order chi connectivity index (χ0) is 23.3. The number of aliphatic hydroxyl groups excluding tert-OH is 1. The van der Waals surface area contributed by atoms with Crippen molar-refractivity contribution in [2.24, 2.45) is 0 Å². The second-order valence-electron chi connectivity index (χ2n) is 8.69. The molecular weight excluding hydrogens is 432 g/mol. The Morgan fingerprint density at radius 2 is 1.91 bits per heavy atom. The Kier molecular flexibility index (Phi) is 10.9. The van der Waals surface area contributed by atoms with Gasteiger partial charge < -0.3 is 15.3 Å². The topological polar surface area (TPSA) is 68.7 Å². The minimum absolute atomic E-state index is 0.133. The number of aliphatic hydroxyl groups is 1. The molecule has 0 saturated heterocycles. The first-order chi connectivity index (χ1) is 16.2. The second kappa shape index (κ2) is 14.1. The Bertz CT molecular complexity index is 868. The molecule has 2 aromatic rings. The molecule has 0 fully saturated rings. The molecule has 0 bridgehead atoms. The molecule has 0 spiro atoms. The third-order valence-corrected chi connectivity index (χ3v) is 6.99. The molecule has 3 rings (SSSR count). The van der Waals surface area contributed by atoms with Gasteiger partial charge in [-0.1, -0.05) is 49.1 Å². The highest BCUT2D eigenvalue weighted by Gasteiger charge is 2.14. The summed E-state index contributed by atoms with van der Waals surface area (Å²) >= 11 is 1.47. The van der Waals surface area contributed by atoms with Crippen LogP contribution in [0.4, 0.5) is 10.8 Å². The van der Waals surface area contributed by atoms with Gasteiger partial charge in [0.1, 0.15) is 5.69 Å². The van der Waals surface area contributed by atoms with Crippen LogP contribution in [0.25, 0.3) is 0 Å². The number of carbonyl (C=O) groups is 1. The summed E-state index contributed by atoms with van der Waals surface area (Å²) < 4.78 is 0. The van der Waals surface area contributed by atoms with Gasteiger partial charge in [0.15, 0.2) is 5.13 Å². The largest absolute Gasteiger partial charge is 0.395 e. The predicted octanol–water partition coefficient (Wildman–Crippen LogP) is 5.00. The maximum Gasteiger partial charge on any atom is 0.270 e. The van der Waals surface area contributed by atoms with Crippen LogP contribution < -0.4 is 10.2 Å². The highest BCUT2D eigenvalue weighted by molar-refractivity contribution is 7.14. The van der Waals surface area contributed by atoms with E-state index < -0.39 is 0 Å². The zero-order valence-corrected chi connectivity index (χ0v) is 20.7. The number of aromatic nitrogens is 1. The third kappa shape index (κ3) is 8.57. The van der Waals surface area contributed by atoms with Crippen LogP contribution >= 0.6 is 11.3 Å². The molecule has 1 aliphatic rings. The fraction of sp³-hybridized carbons (Fsp3) is 0.538. The van der Waals surface area contributed by atoms with Crippen molar-refractivity contribution in [2.75, 3.05) is 44.7 Å². The number of hydrogen-bond acceptors (Lipinski definition) is 6. The number of benzene rings is 1. The number of nitrogens with one attached hydrogen (secondary N) is 1. The van der Waals surface area contributed by atoms with Crippen LogP contribution in [0.5, 0.6) is 0 Å². The second-order valence-corrected chi connectivity index (χ2v) is 9.52. The van der Waals surface area contributed by atoms with Gasteiger partial charge in [0.05, 0.1) is 6.61 Å². The monoisotopic (exact) mass is 470 g/mol. The van der Waals surface area contributed by atoms with E-state index in [1.807, 2.05) is 47.7 Å². The molecule has 1 aliphatic carbocycles. The maximum atomic E-state index is 12.6. The van der Waals surface area contributed by atoms with E-state index in [0.717, 1.165) is 30.3 Å². The SMILES string of the molecule is CN(c1ccccc1)c1nc(C(=O)NCCCN(CCO)C/C2=C/CCCCCCC2)cs1. The van der Waals surface area contributed by atoms with Gasteiger partial charge in [-0.25, -0.2) is 4.98 Å². The average molecular weight is 471 g/mol. The van der Waals surface area contributed by atoms with Crippen molar-refractivity contribution >= 4 is 28.1 Å². The molecule has 0 unspecified atom stereocenters. The third-order valence-electron chi connectivity index (χ3n) is 6.07. The van der Waals surface area contributed by atoms with E-state index in [9.17, 15) is 9.90 Å². The molecule has 2 N–H and O–H groups in total. The minimum Gasteiger partial charge on any atom is -0.395 e. The summed E-state index contributed by atoms with van der Waals surface area (Å²) in [4.78, 5) is 21.4. The highest BCUT2D eigenvalue weighted by atomic mass is 32.1. The van der Waals surface area contributed by atoms with Gasteiger partial charge in [0, 0.05) is 44.3 Å². The van der Waals surface area contributed by atoms with E-state index in [2.05, 4.69) is 21.3 Å². The fourth-order valence-electron chi connectivity index (χ4n) is 4.16. The Balaban J connectivity index is 1.44. The van der Waals surface area contributed by atoms with Gasteiger partial charge in [0.25, 0.3) is 5.91 Å². The lowest BCUT2D eigenvalue weighted by Gasteiger charge is -2.23. The number of anilines is 2. The van der Waals surface area contributed by atoms with Crippen molar-refractivity contribution in [3.63, 3.8) is 0 Å². The molecular formula is C26H38N4O2S. The minimum atomic E-state index is -0.133. The van der Waals surface area contributed by atoms with Gasteiger partial charge in [-0.15, -0.1) is 11.3 Å². The molecule has 0 saturated carbocycles. The van der Waals surface area contributed by atoms with Gasteiger partial charge in [-0.2, -0.15) is 0 Å². The van der Waals surface area contributed by atoms with Crippen LogP contribution in [0.1, 0.15) is 61.9 Å². The number of para-hydroxylation sites is 1. The summed E-state index contributed by atoms with van der Waals surface area (Å²) in [6.07, 6.45) is 12.2. The molecule has 180 valence electrons.